The van der Waals surface area contributed by atoms with E-state index in [4.69, 9.17) is 19.4 Å². The predicted octanol–water partition coefficient (Wildman–Crippen LogP) is 0.0842. The molecule has 2 radical (unpaired) electrons. The average Bonchev–Trinajstić information content (AvgIpc) is 2.12. The highest BCUT2D eigenvalue weighted by Gasteiger charge is 2.02. The number of hydrogen-bond acceptors (Lipinski definition) is 3. The van der Waals surface area contributed by atoms with E-state index in [1.54, 1.807) is 0 Å². The number of amidine groups is 1. The molecular formula is C9H17BN4. The Bertz CT molecular complexity index is 342. The van der Waals surface area contributed by atoms with E-state index < -0.39 is 0 Å². The van der Waals surface area contributed by atoms with Gasteiger partial charge in [-0.05, 0) is 26.0 Å². The molecule has 0 aliphatic carbocycles. The minimum Gasteiger partial charge on any atom is -0.382 e. The summed E-state index contributed by atoms with van der Waals surface area (Å²) in [6.45, 7) is 3.85. The first kappa shape index (κ1) is 12.5. The summed E-state index contributed by atoms with van der Waals surface area (Å²) in [5.74, 6) is 5.40. The summed E-state index contributed by atoms with van der Waals surface area (Å²) in [6, 6.07) is 3.74. The van der Waals surface area contributed by atoms with Crippen LogP contribution in [-0.4, -0.2) is 13.7 Å². The Morgan fingerprint density at radius 1 is 1.36 bits per heavy atom. The van der Waals surface area contributed by atoms with Gasteiger partial charge in [0.25, 0.3) is 0 Å². The van der Waals surface area contributed by atoms with Gasteiger partial charge in [-0.2, -0.15) is 5.10 Å². The monoisotopic (exact) mass is 192 g/mol. The maximum Gasteiger partial charge on any atom is 0.150 e. The lowest BCUT2D eigenvalue weighted by Gasteiger charge is -2.08. The molecule has 0 fully saturated rings. The van der Waals surface area contributed by atoms with Crippen molar-refractivity contribution in [3.05, 3.63) is 28.8 Å². The minimum atomic E-state index is 0. The van der Waals surface area contributed by atoms with Crippen LogP contribution in [0.5, 0.6) is 0 Å². The Morgan fingerprint density at radius 2 is 1.79 bits per heavy atom. The fourth-order valence-corrected chi connectivity index (χ4v) is 1.20. The van der Waals surface area contributed by atoms with Crippen molar-refractivity contribution < 1.29 is 1.43 Å². The van der Waals surface area contributed by atoms with Crippen LogP contribution in [0.25, 0.3) is 0 Å². The molecule has 1 rings (SSSR count). The number of aryl methyl sites for hydroxylation is 2. The van der Waals surface area contributed by atoms with Crippen molar-refractivity contribution in [3.8, 4) is 0 Å². The van der Waals surface area contributed by atoms with Crippen LogP contribution in [0.1, 0.15) is 18.1 Å². The first-order valence-electron chi connectivity index (χ1n) is 3.96. The molecule has 7 N–H and O–H groups in total. The van der Waals surface area contributed by atoms with Crippen molar-refractivity contribution in [2.75, 3.05) is 0 Å². The number of nitrogens with zero attached hydrogens (tertiary/aromatic N) is 1. The summed E-state index contributed by atoms with van der Waals surface area (Å²) >= 11 is 0. The summed E-state index contributed by atoms with van der Waals surface area (Å²) in [6.07, 6.45) is 0. The van der Waals surface area contributed by atoms with Gasteiger partial charge in [0.05, 0.1) is 0 Å². The summed E-state index contributed by atoms with van der Waals surface area (Å²) in [7, 11) is 5.78. The Hall–Kier alpha value is -1.49. The second kappa shape index (κ2) is 4.67. The van der Waals surface area contributed by atoms with Crippen molar-refractivity contribution in [1.29, 1.82) is 0 Å². The molecule has 0 aliphatic rings. The highest BCUT2D eigenvalue weighted by Crippen LogP contribution is 2.05. The molecule has 0 bridgehead atoms. The molecule has 14 heavy (non-hydrogen) atoms. The number of rotatable bonds is 1. The molecule has 0 aliphatic heterocycles. The van der Waals surface area contributed by atoms with Crippen molar-refractivity contribution >= 4 is 19.1 Å². The van der Waals surface area contributed by atoms with E-state index in [1.165, 1.54) is 0 Å². The normalized spacial score (nSPS) is 10.9. The molecule has 0 amide bonds. The Balaban J connectivity index is 0. The zero-order valence-electron chi connectivity index (χ0n) is 8.54. The van der Waals surface area contributed by atoms with E-state index in [9.17, 15) is 0 Å². The topological polar surface area (TPSA) is 99.4 Å². The summed E-state index contributed by atoms with van der Waals surface area (Å²) in [5, 5.41) is 3.42. The second-order valence-electron chi connectivity index (χ2n) is 3.04. The molecular weight excluding hydrogens is 175 g/mol. The third-order valence-corrected chi connectivity index (χ3v) is 2.03. The SMILES string of the molecule is N.[B]c1c(C)cc(/C(N)=N/N)cc1C.[HH]. The van der Waals surface area contributed by atoms with Crippen molar-refractivity contribution in [2.24, 2.45) is 16.7 Å². The third-order valence-electron chi connectivity index (χ3n) is 2.03. The standard InChI is InChI=1S/C9H12BN3.H3N.H2/c1-5-3-7(9(11)13-12)4-6(2)8(5)10;;/h3-4H,12H2,1-2H3,(H2,11,13);1H3;1H. The van der Waals surface area contributed by atoms with Crippen molar-refractivity contribution in [2.45, 2.75) is 13.8 Å². The van der Waals surface area contributed by atoms with Crippen LogP contribution in [0.4, 0.5) is 0 Å². The van der Waals surface area contributed by atoms with Gasteiger partial charge >= 0.3 is 0 Å². The fraction of sp³-hybridized carbons (Fsp3) is 0.222. The fourth-order valence-electron chi connectivity index (χ4n) is 1.20. The Kier molecular flexibility index (Phi) is 4.17. The Morgan fingerprint density at radius 3 is 2.14 bits per heavy atom. The largest absolute Gasteiger partial charge is 0.382 e. The van der Waals surface area contributed by atoms with E-state index in [0.717, 1.165) is 22.2 Å². The highest BCUT2D eigenvalue weighted by molar-refractivity contribution is 6.34. The molecule has 5 heteroatoms. The molecule has 76 valence electrons. The quantitative estimate of drug-likeness (QED) is 0.193. The van der Waals surface area contributed by atoms with Gasteiger partial charge in [0.1, 0.15) is 13.7 Å². The molecule has 0 heterocycles. The maximum atomic E-state index is 5.78. The summed E-state index contributed by atoms with van der Waals surface area (Å²) in [4.78, 5) is 0. The van der Waals surface area contributed by atoms with Gasteiger partial charge in [0.15, 0.2) is 0 Å². The number of hydrogen-bond donors (Lipinski definition) is 3. The van der Waals surface area contributed by atoms with Crippen LogP contribution in [-0.2, 0) is 0 Å². The number of nitrogens with two attached hydrogens (primary N) is 2. The zero-order chi connectivity index (χ0) is 10.0. The average molecular weight is 192 g/mol. The molecule has 0 aromatic heterocycles. The van der Waals surface area contributed by atoms with Gasteiger partial charge in [-0.15, -0.1) is 0 Å². The van der Waals surface area contributed by atoms with E-state index >= 15 is 0 Å². The number of hydrazone groups is 1. The van der Waals surface area contributed by atoms with Gasteiger partial charge < -0.3 is 17.7 Å². The van der Waals surface area contributed by atoms with Crippen LogP contribution >= 0.6 is 0 Å². The van der Waals surface area contributed by atoms with E-state index in [-0.39, 0.29) is 7.58 Å². The molecule has 1 aromatic carbocycles. The van der Waals surface area contributed by atoms with Gasteiger partial charge in [0, 0.05) is 6.99 Å². The first-order valence-corrected chi connectivity index (χ1v) is 3.96. The smallest absolute Gasteiger partial charge is 0.150 e. The predicted molar refractivity (Wildman–Crippen MR) is 63.4 cm³/mol. The van der Waals surface area contributed by atoms with Crippen molar-refractivity contribution in [3.63, 3.8) is 0 Å². The molecule has 0 spiro atoms. The highest BCUT2D eigenvalue weighted by atomic mass is 15.1. The summed E-state index contributed by atoms with van der Waals surface area (Å²) in [5.41, 5.74) is 9.14. The molecule has 0 saturated heterocycles. The zero-order valence-corrected chi connectivity index (χ0v) is 8.54. The van der Waals surface area contributed by atoms with E-state index in [0.29, 0.717) is 5.84 Å². The van der Waals surface area contributed by atoms with Crippen molar-refractivity contribution in [1.82, 2.24) is 6.15 Å². The first-order chi connectivity index (χ1) is 6.06. The van der Waals surface area contributed by atoms with E-state index in [2.05, 4.69) is 5.10 Å². The third kappa shape index (κ3) is 2.26. The lowest BCUT2D eigenvalue weighted by Crippen LogP contribution is -2.19. The lowest BCUT2D eigenvalue weighted by molar-refractivity contribution is 1.22. The molecule has 4 nitrogen and oxygen atoms in total. The lowest BCUT2D eigenvalue weighted by atomic mass is 9.85. The van der Waals surface area contributed by atoms with Crippen LogP contribution in [0.15, 0.2) is 17.2 Å². The molecule has 0 saturated carbocycles. The minimum absolute atomic E-state index is 0. The van der Waals surface area contributed by atoms with Crippen LogP contribution in [0.3, 0.4) is 0 Å². The van der Waals surface area contributed by atoms with Crippen LogP contribution in [0, 0.1) is 13.8 Å². The molecule has 0 unspecified atom stereocenters. The molecule has 0 atom stereocenters. The van der Waals surface area contributed by atoms with Gasteiger partial charge in [-0.3, -0.25) is 0 Å². The van der Waals surface area contributed by atoms with Crippen LogP contribution in [0.2, 0.25) is 0 Å². The maximum absolute atomic E-state index is 5.78. The van der Waals surface area contributed by atoms with Crippen LogP contribution < -0.4 is 23.2 Å². The van der Waals surface area contributed by atoms with Gasteiger partial charge in [-0.1, -0.05) is 16.6 Å². The van der Waals surface area contributed by atoms with Gasteiger partial charge in [-0.25, -0.2) is 0 Å². The summed E-state index contributed by atoms with van der Waals surface area (Å²) < 4.78 is 0. The Labute approximate surface area is 86.8 Å². The van der Waals surface area contributed by atoms with E-state index in [1.807, 2.05) is 26.0 Å². The number of benzene rings is 1. The second-order valence-corrected chi connectivity index (χ2v) is 3.04. The molecule has 1 aromatic rings. The van der Waals surface area contributed by atoms with Gasteiger partial charge in [0.2, 0.25) is 0 Å².